The summed E-state index contributed by atoms with van der Waals surface area (Å²) in [5, 5.41) is 0. The molecule has 18 aromatic carbocycles. The fraction of sp³-hybridized carbons (Fsp3) is 0. The first-order valence-corrected chi connectivity index (χ1v) is 37.8. The van der Waals surface area contributed by atoms with Crippen LogP contribution in [0.4, 0.5) is 34.1 Å². The Bertz CT molecular complexity index is 5520. The van der Waals surface area contributed by atoms with Crippen molar-refractivity contribution in [3.05, 3.63) is 461 Å². The second-order valence-electron chi connectivity index (χ2n) is 27.7. The number of hydrogen-bond acceptors (Lipinski definition) is 2. The van der Waals surface area contributed by atoms with E-state index >= 15 is 0 Å². The van der Waals surface area contributed by atoms with E-state index in [1.165, 1.54) is 66.8 Å². The second kappa shape index (κ2) is 30.9. The first kappa shape index (κ1) is 67.4. The van der Waals surface area contributed by atoms with Gasteiger partial charge < -0.3 is 9.80 Å². The quantitative estimate of drug-likeness (QED) is 0.0796. The SMILES string of the molecule is c1ccc(-c2c(-c3ccccc3)c(-c3ccccc3)c(-c3ccc(N(c4ccccc4)c4ccc(-c5ccc(N(c6ccccc6)c6ccc(-c7c(-c8ccccc8)c(-c8ccccc8)c(-c8ccccc8)c(-c8ccccc8)c7-c7ccccc7)cc6)cc5)cc4)cc3)c(-c3ccccc3)c2-c2ccccc2)cc1. The third-order valence-electron chi connectivity index (χ3n) is 21.1. The van der Waals surface area contributed by atoms with E-state index in [2.05, 4.69) is 471 Å². The number of benzene rings is 18. The van der Waals surface area contributed by atoms with E-state index < -0.39 is 0 Å². The summed E-state index contributed by atoms with van der Waals surface area (Å²) >= 11 is 0. The number of hydrogen-bond donors (Lipinski definition) is 0. The maximum Gasteiger partial charge on any atom is 0.0462 e. The van der Waals surface area contributed by atoms with Crippen molar-refractivity contribution in [1.29, 1.82) is 0 Å². The van der Waals surface area contributed by atoms with Crippen LogP contribution in [0.5, 0.6) is 0 Å². The molecule has 2 heteroatoms. The topological polar surface area (TPSA) is 6.48 Å². The number of nitrogens with zero attached hydrogens (tertiary/aromatic N) is 2. The van der Waals surface area contributed by atoms with Gasteiger partial charge in [-0.1, -0.05) is 388 Å². The van der Waals surface area contributed by atoms with Gasteiger partial charge in [0.1, 0.15) is 0 Å². The third-order valence-corrected chi connectivity index (χ3v) is 21.1. The highest BCUT2D eigenvalue weighted by Crippen LogP contribution is 2.59. The largest absolute Gasteiger partial charge is 0.311 e. The minimum absolute atomic E-state index is 1.05. The molecule has 0 radical (unpaired) electrons. The Labute approximate surface area is 645 Å². The van der Waals surface area contributed by atoms with Crippen molar-refractivity contribution in [1.82, 2.24) is 0 Å². The Morgan fingerprint density at radius 1 is 0.0818 bits per heavy atom. The number of para-hydroxylation sites is 2. The standard InChI is InChI=1S/C108H76N2/c1-13-37-79(38-14-1)97-99(81-41-17-3-18-42-81)103(85-49-25-7-26-50-85)107(104(86-51-27-8-28-52-86)100(97)82-43-19-4-20-44-82)89-65-73-95(74-66-89)109(91-57-33-11-34-58-91)93-69-61-77(62-70-93)78-63-71-94(72-64-78)110(92-59-35-12-36-60-92)96-75-67-90(68-76-96)108-105(87-53-29-9-30-54-87)101(83-45-21-5-22-46-83)98(80-39-15-2-16-40-80)102(84-47-23-6-24-48-84)106(108)88-55-31-10-32-56-88/h1-76H. The zero-order chi connectivity index (χ0) is 73.4. The van der Waals surface area contributed by atoms with Crippen LogP contribution in [0.2, 0.25) is 0 Å². The zero-order valence-electron chi connectivity index (χ0n) is 60.8. The van der Waals surface area contributed by atoms with Gasteiger partial charge in [-0.05, 0) is 217 Å². The Hall–Kier alpha value is -14.4. The molecule has 0 saturated carbocycles. The van der Waals surface area contributed by atoms with E-state index in [1.54, 1.807) is 0 Å². The average Bonchev–Trinajstić information content (AvgIpc) is 0.719. The highest BCUT2D eigenvalue weighted by molar-refractivity contribution is 6.17. The molecule has 0 aliphatic rings. The van der Waals surface area contributed by atoms with Gasteiger partial charge in [0.05, 0.1) is 0 Å². The van der Waals surface area contributed by atoms with Crippen molar-refractivity contribution in [2.75, 3.05) is 9.80 Å². The van der Waals surface area contributed by atoms with Crippen LogP contribution in [0.15, 0.2) is 461 Å². The Morgan fingerprint density at radius 2 is 0.182 bits per heavy atom. The van der Waals surface area contributed by atoms with Crippen molar-refractivity contribution >= 4 is 34.1 Å². The van der Waals surface area contributed by atoms with Crippen molar-refractivity contribution in [3.8, 4) is 145 Å². The Kier molecular flexibility index (Phi) is 19.0. The summed E-state index contributed by atoms with van der Waals surface area (Å²) < 4.78 is 0. The van der Waals surface area contributed by atoms with Gasteiger partial charge in [-0.15, -0.1) is 0 Å². The molecule has 0 aliphatic carbocycles. The monoisotopic (exact) mass is 1400 g/mol. The lowest BCUT2D eigenvalue weighted by atomic mass is 9.74. The fourth-order valence-corrected chi connectivity index (χ4v) is 16.2. The summed E-state index contributed by atoms with van der Waals surface area (Å²) in [5.41, 5.74) is 36.5. The molecule has 0 fully saturated rings. The second-order valence-corrected chi connectivity index (χ2v) is 27.7. The van der Waals surface area contributed by atoms with Crippen molar-refractivity contribution in [2.24, 2.45) is 0 Å². The van der Waals surface area contributed by atoms with Gasteiger partial charge in [-0.25, -0.2) is 0 Å². The molecule has 2 nitrogen and oxygen atoms in total. The van der Waals surface area contributed by atoms with E-state index in [1.807, 2.05) is 0 Å². The smallest absolute Gasteiger partial charge is 0.0462 e. The van der Waals surface area contributed by atoms with Crippen LogP contribution in [0.25, 0.3) is 145 Å². The summed E-state index contributed by atoms with van der Waals surface area (Å²) in [5.74, 6) is 0. The van der Waals surface area contributed by atoms with E-state index in [0.717, 1.165) is 112 Å². The van der Waals surface area contributed by atoms with Crippen molar-refractivity contribution in [2.45, 2.75) is 0 Å². The van der Waals surface area contributed by atoms with Crippen LogP contribution in [0.3, 0.4) is 0 Å². The Balaban J connectivity index is 0.733. The van der Waals surface area contributed by atoms with Gasteiger partial charge in [0, 0.05) is 34.1 Å². The van der Waals surface area contributed by atoms with Crippen LogP contribution in [0.1, 0.15) is 0 Å². The summed E-state index contributed by atoms with van der Waals surface area (Å²) in [6.45, 7) is 0. The summed E-state index contributed by atoms with van der Waals surface area (Å²) in [4.78, 5) is 4.74. The first-order chi connectivity index (χ1) is 54.7. The summed E-state index contributed by atoms with van der Waals surface area (Å²) in [6, 6.07) is 168. The molecule has 0 heterocycles. The first-order valence-electron chi connectivity index (χ1n) is 37.8. The molecule has 0 amide bonds. The fourth-order valence-electron chi connectivity index (χ4n) is 16.2. The lowest BCUT2D eigenvalue weighted by Crippen LogP contribution is -2.10. The maximum absolute atomic E-state index is 2.37. The molecule has 18 rings (SSSR count). The molecule has 0 spiro atoms. The van der Waals surface area contributed by atoms with Crippen LogP contribution in [0, 0.1) is 0 Å². The predicted molar refractivity (Wildman–Crippen MR) is 466 cm³/mol. The van der Waals surface area contributed by atoms with E-state index in [-0.39, 0.29) is 0 Å². The van der Waals surface area contributed by atoms with Gasteiger partial charge in [0.2, 0.25) is 0 Å². The highest BCUT2D eigenvalue weighted by atomic mass is 15.1. The molecule has 0 atom stereocenters. The molecule has 0 aliphatic heterocycles. The predicted octanol–water partition coefficient (Wildman–Crippen LogP) is 30.3. The molecule has 0 aromatic heterocycles. The summed E-state index contributed by atoms with van der Waals surface area (Å²) in [7, 11) is 0. The van der Waals surface area contributed by atoms with Crippen LogP contribution >= 0.6 is 0 Å². The van der Waals surface area contributed by atoms with Gasteiger partial charge in [0.15, 0.2) is 0 Å². The Morgan fingerprint density at radius 3 is 0.318 bits per heavy atom. The number of rotatable bonds is 19. The van der Waals surface area contributed by atoms with E-state index in [4.69, 9.17) is 0 Å². The molecule has 518 valence electrons. The minimum Gasteiger partial charge on any atom is -0.311 e. The molecular formula is C108H76N2. The normalized spacial score (nSPS) is 11.1. The lowest BCUT2D eigenvalue weighted by molar-refractivity contribution is 1.28. The van der Waals surface area contributed by atoms with E-state index in [9.17, 15) is 0 Å². The molecule has 0 saturated heterocycles. The summed E-state index contributed by atoms with van der Waals surface area (Å²) in [6.07, 6.45) is 0. The van der Waals surface area contributed by atoms with Crippen LogP contribution in [-0.4, -0.2) is 0 Å². The molecule has 18 aromatic rings. The third kappa shape index (κ3) is 13.3. The minimum atomic E-state index is 1.05. The van der Waals surface area contributed by atoms with Crippen LogP contribution in [-0.2, 0) is 0 Å². The van der Waals surface area contributed by atoms with Crippen molar-refractivity contribution in [3.63, 3.8) is 0 Å². The highest BCUT2D eigenvalue weighted by Gasteiger charge is 2.32. The lowest BCUT2D eigenvalue weighted by Gasteiger charge is -2.29. The molecule has 0 unspecified atom stereocenters. The van der Waals surface area contributed by atoms with Gasteiger partial charge in [0.25, 0.3) is 0 Å². The molecule has 0 N–H and O–H groups in total. The van der Waals surface area contributed by atoms with Gasteiger partial charge in [-0.2, -0.15) is 0 Å². The number of anilines is 6. The molecule has 0 bridgehead atoms. The average molecular weight is 1400 g/mol. The van der Waals surface area contributed by atoms with Gasteiger partial charge >= 0.3 is 0 Å². The molecular weight excluding hydrogens is 1330 g/mol. The van der Waals surface area contributed by atoms with Crippen molar-refractivity contribution < 1.29 is 0 Å². The van der Waals surface area contributed by atoms with Gasteiger partial charge in [-0.3, -0.25) is 0 Å². The zero-order valence-corrected chi connectivity index (χ0v) is 60.8. The van der Waals surface area contributed by atoms with Crippen LogP contribution < -0.4 is 9.80 Å². The van der Waals surface area contributed by atoms with E-state index in [0.29, 0.717) is 0 Å². The maximum atomic E-state index is 2.37. The molecule has 110 heavy (non-hydrogen) atoms.